The Kier molecular flexibility index (Phi) is 3.37. The van der Waals surface area contributed by atoms with E-state index >= 15 is 0 Å². The number of hydrogen-bond acceptors (Lipinski definition) is 5. The maximum absolute atomic E-state index is 11.2. The third-order valence-corrected chi connectivity index (χ3v) is 4.21. The van der Waals surface area contributed by atoms with Gasteiger partial charge in [-0.2, -0.15) is 0 Å². The van der Waals surface area contributed by atoms with Crippen molar-refractivity contribution < 1.29 is 4.79 Å². The molecule has 1 atom stereocenters. The van der Waals surface area contributed by atoms with E-state index in [2.05, 4.69) is 28.9 Å². The van der Waals surface area contributed by atoms with E-state index in [4.69, 9.17) is 0 Å². The van der Waals surface area contributed by atoms with Crippen molar-refractivity contribution in [3.8, 4) is 0 Å². The minimum atomic E-state index is 0.107. The van der Waals surface area contributed by atoms with E-state index < -0.39 is 0 Å². The molecule has 1 fully saturated rings. The van der Waals surface area contributed by atoms with Gasteiger partial charge in [-0.3, -0.25) is 9.69 Å². The highest BCUT2D eigenvalue weighted by atomic mass is 32.1. The number of aromatic nitrogens is 1. The largest absolute Gasteiger partial charge is 0.303 e. The Bertz CT molecular complexity index is 390. The van der Waals surface area contributed by atoms with Crippen molar-refractivity contribution in [1.82, 2.24) is 14.8 Å². The molecule has 1 unspecified atom stereocenters. The van der Waals surface area contributed by atoms with Crippen molar-refractivity contribution >= 4 is 17.1 Å². The molecular formula is C11H17N3OS. The molecule has 0 amide bonds. The second kappa shape index (κ2) is 4.61. The van der Waals surface area contributed by atoms with Crippen LogP contribution in [0.4, 0.5) is 0 Å². The zero-order valence-electron chi connectivity index (χ0n) is 9.93. The third-order valence-electron chi connectivity index (χ3n) is 3.01. The fourth-order valence-electron chi connectivity index (χ4n) is 1.88. The summed E-state index contributed by atoms with van der Waals surface area (Å²) in [6.07, 6.45) is 1.70. The molecule has 16 heavy (non-hydrogen) atoms. The van der Waals surface area contributed by atoms with E-state index in [1.165, 1.54) is 11.3 Å². The Morgan fingerprint density at radius 3 is 2.88 bits per heavy atom. The van der Waals surface area contributed by atoms with Crippen molar-refractivity contribution in [2.24, 2.45) is 0 Å². The van der Waals surface area contributed by atoms with Crippen LogP contribution in [0.1, 0.15) is 27.6 Å². The molecule has 0 saturated carbocycles. The van der Waals surface area contributed by atoms with Crippen molar-refractivity contribution in [2.75, 3.05) is 33.7 Å². The van der Waals surface area contributed by atoms with Crippen LogP contribution in [0.15, 0.2) is 6.20 Å². The zero-order valence-corrected chi connectivity index (χ0v) is 10.8. The highest BCUT2D eigenvalue weighted by molar-refractivity contribution is 7.13. The van der Waals surface area contributed by atoms with Crippen LogP contribution < -0.4 is 0 Å². The number of carbonyl (C=O) groups is 1. The van der Waals surface area contributed by atoms with Gasteiger partial charge in [0.05, 0.1) is 10.9 Å². The summed E-state index contributed by atoms with van der Waals surface area (Å²) < 4.78 is 0. The SMILES string of the molecule is CC(=O)c1cnc(C2CN(C)CCN2C)s1. The highest BCUT2D eigenvalue weighted by Crippen LogP contribution is 2.27. The summed E-state index contributed by atoms with van der Waals surface area (Å²) in [5.41, 5.74) is 0. The van der Waals surface area contributed by atoms with Gasteiger partial charge in [0.1, 0.15) is 5.01 Å². The molecule has 0 bridgehead atoms. The van der Waals surface area contributed by atoms with Crippen LogP contribution in [-0.4, -0.2) is 54.3 Å². The molecule has 0 spiro atoms. The standard InChI is InChI=1S/C11H17N3OS/c1-8(15)10-6-12-11(16-10)9-7-13(2)4-5-14(9)3/h6,9H,4-5,7H2,1-3H3. The average Bonchev–Trinajstić information content (AvgIpc) is 2.70. The minimum absolute atomic E-state index is 0.107. The van der Waals surface area contributed by atoms with Gasteiger partial charge in [-0.05, 0) is 14.1 Å². The van der Waals surface area contributed by atoms with Gasteiger partial charge in [0.2, 0.25) is 0 Å². The lowest BCUT2D eigenvalue weighted by molar-refractivity contribution is 0.102. The smallest absolute Gasteiger partial charge is 0.171 e. The van der Waals surface area contributed by atoms with Crippen LogP contribution in [0.3, 0.4) is 0 Å². The zero-order chi connectivity index (χ0) is 11.7. The van der Waals surface area contributed by atoms with Crippen LogP contribution in [0, 0.1) is 0 Å². The summed E-state index contributed by atoms with van der Waals surface area (Å²) in [6.45, 7) is 4.73. The lowest BCUT2D eigenvalue weighted by Crippen LogP contribution is -2.44. The maximum atomic E-state index is 11.2. The molecule has 1 aliphatic rings. The molecule has 2 heterocycles. The van der Waals surface area contributed by atoms with Gasteiger partial charge in [-0.1, -0.05) is 0 Å². The van der Waals surface area contributed by atoms with Crippen LogP contribution in [0.2, 0.25) is 0 Å². The molecule has 0 aromatic carbocycles. The van der Waals surface area contributed by atoms with Crippen LogP contribution in [-0.2, 0) is 0 Å². The lowest BCUT2D eigenvalue weighted by atomic mass is 10.2. The number of ketones is 1. The van der Waals surface area contributed by atoms with E-state index in [0.717, 1.165) is 29.5 Å². The molecule has 4 nitrogen and oxygen atoms in total. The van der Waals surface area contributed by atoms with Gasteiger partial charge in [0.15, 0.2) is 5.78 Å². The number of thiazole rings is 1. The van der Waals surface area contributed by atoms with E-state index in [9.17, 15) is 4.79 Å². The quantitative estimate of drug-likeness (QED) is 0.728. The molecule has 5 heteroatoms. The first-order valence-electron chi connectivity index (χ1n) is 5.43. The number of rotatable bonds is 2. The summed E-state index contributed by atoms with van der Waals surface area (Å²) in [4.78, 5) is 21.0. The average molecular weight is 239 g/mol. The molecule has 2 rings (SSSR count). The molecule has 1 saturated heterocycles. The number of nitrogens with zero attached hydrogens (tertiary/aromatic N) is 3. The molecule has 0 N–H and O–H groups in total. The molecular weight excluding hydrogens is 222 g/mol. The first-order valence-corrected chi connectivity index (χ1v) is 6.25. The van der Waals surface area contributed by atoms with Gasteiger partial charge in [0.25, 0.3) is 0 Å². The van der Waals surface area contributed by atoms with Crippen LogP contribution in [0.5, 0.6) is 0 Å². The number of likely N-dealkylation sites (N-methyl/N-ethyl adjacent to an activating group) is 2. The lowest BCUT2D eigenvalue weighted by Gasteiger charge is -2.36. The van der Waals surface area contributed by atoms with Gasteiger partial charge in [-0.25, -0.2) is 4.98 Å². The van der Waals surface area contributed by atoms with E-state index in [1.807, 2.05) is 0 Å². The number of piperazine rings is 1. The number of Topliss-reactive ketones (excluding diaryl/α,β-unsaturated/α-hetero) is 1. The van der Waals surface area contributed by atoms with Crippen LogP contribution in [0.25, 0.3) is 0 Å². The monoisotopic (exact) mass is 239 g/mol. The molecule has 1 aromatic heterocycles. The Balaban J connectivity index is 2.18. The van der Waals surface area contributed by atoms with Gasteiger partial charge in [-0.15, -0.1) is 11.3 Å². The fraction of sp³-hybridized carbons (Fsp3) is 0.636. The Morgan fingerprint density at radius 2 is 2.25 bits per heavy atom. The summed E-state index contributed by atoms with van der Waals surface area (Å²) >= 11 is 1.52. The van der Waals surface area contributed by atoms with Crippen molar-refractivity contribution in [1.29, 1.82) is 0 Å². The second-order valence-corrected chi connectivity index (χ2v) is 5.44. The van der Waals surface area contributed by atoms with E-state index in [1.54, 1.807) is 13.1 Å². The maximum Gasteiger partial charge on any atom is 0.171 e. The molecule has 0 aliphatic carbocycles. The van der Waals surface area contributed by atoms with Gasteiger partial charge >= 0.3 is 0 Å². The Hall–Kier alpha value is -0.780. The number of carbonyl (C=O) groups excluding carboxylic acids is 1. The third kappa shape index (κ3) is 2.31. The van der Waals surface area contributed by atoms with Crippen molar-refractivity contribution in [3.05, 3.63) is 16.1 Å². The first kappa shape index (κ1) is 11.7. The summed E-state index contributed by atoms with van der Waals surface area (Å²) in [7, 11) is 4.24. The van der Waals surface area contributed by atoms with Gasteiger partial charge in [0, 0.05) is 32.8 Å². The summed E-state index contributed by atoms with van der Waals surface area (Å²) in [5.74, 6) is 0.107. The molecule has 88 valence electrons. The minimum Gasteiger partial charge on any atom is -0.303 e. The fourth-order valence-corrected chi connectivity index (χ4v) is 2.85. The van der Waals surface area contributed by atoms with Gasteiger partial charge < -0.3 is 4.90 Å². The molecule has 0 radical (unpaired) electrons. The summed E-state index contributed by atoms with van der Waals surface area (Å²) in [6, 6.07) is 0.330. The Morgan fingerprint density at radius 1 is 1.50 bits per heavy atom. The molecule has 1 aromatic rings. The summed E-state index contributed by atoms with van der Waals surface area (Å²) in [5, 5.41) is 1.05. The van der Waals surface area contributed by atoms with E-state index in [0.29, 0.717) is 6.04 Å². The van der Waals surface area contributed by atoms with Crippen molar-refractivity contribution in [2.45, 2.75) is 13.0 Å². The predicted molar refractivity (Wildman–Crippen MR) is 65.0 cm³/mol. The highest BCUT2D eigenvalue weighted by Gasteiger charge is 2.26. The Labute approximate surface area is 99.9 Å². The predicted octanol–water partition coefficient (Wildman–Crippen LogP) is 1.26. The van der Waals surface area contributed by atoms with E-state index in [-0.39, 0.29) is 5.78 Å². The normalized spacial score (nSPS) is 23.6. The molecule has 1 aliphatic heterocycles. The second-order valence-electron chi connectivity index (χ2n) is 4.38. The topological polar surface area (TPSA) is 36.4 Å². The number of hydrogen-bond donors (Lipinski definition) is 0. The first-order chi connectivity index (χ1) is 7.58. The van der Waals surface area contributed by atoms with Crippen LogP contribution >= 0.6 is 11.3 Å². The van der Waals surface area contributed by atoms with Crippen molar-refractivity contribution in [3.63, 3.8) is 0 Å².